The Balaban J connectivity index is 1.79. The normalized spacial score (nSPS) is 18.6. The van der Waals surface area contributed by atoms with E-state index in [4.69, 9.17) is 36.3 Å². The van der Waals surface area contributed by atoms with E-state index in [1.165, 1.54) is 11.8 Å². The lowest BCUT2D eigenvalue weighted by Crippen LogP contribution is -2.55. The number of nitrogens with two attached hydrogens (primary N) is 1. The number of nitrogens with one attached hydrogen (secondary N) is 3. The smallest absolute Gasteiger partial charge is 0.315 e. The molecule has 3 amide bonds. The fourth-order valence-corrected chi connectivity index (χ4v) is 4.54. The molecule has 0 aromatic heterocycles. The standard InChI is InChI=1S/C22H35ClN4O6S/c1-30-17-4-2-16(3-5-17)14-25-20(28)19(34-21-18(23)15-26-22(29)27-21)6-8-31-10-12-33-13-11-32-9-7-24/h2-5,18-19,21H,6-15,24H2,1H3,(H,25,28)(H2,26,27,29)/t18?,19-,21?/m0/s1. The molecule has 1 aliphatic heterocycles. The molecule has 1 aromatic carbocycles. The molecule has 10 nitrogen and oxygen atoms in total. The maximum Gasteiger partial charge on any atom is 0.315 e. The Kier molecular flexibility index (Phi) is 14.1. The van der Waals surface area contributed by atoms with Gasteiger partial charge in [-0.15, -0.1) is 23.4 Å². The molecule has 1 fully saturated rings. The zero-order valence-corrected chi connectivity index (χ0v) is 21.0. The first-order valence-electron chi connectivity index (χ1n) is 11.2. The molecule has 0 saturated carbocycles. The third-order valence-electron chi connectivity index (χ3n) is 4.82. The monoisotopic (exact) mass is 518 g/mol. The van der Waals surface area contributed by atoms with Crippen molar-refractivity contribution in [2.45, 2.75) is 29.0 Å². The summed E-state index contributed by atoms with van der Waals surface area (Å²) < 4.78 is 21.5. The van der Waals surface area contributed by atoms with Crippen molar-refractivity contribution in [3.05, 3.63) is 29.8 Å². The van der Waals surface area contributed by atoms with Crippen LogP contribution in [0.15, 0.2) is 24.3 Å². The number of amides is 3. The lowest BCUT2D eigenvalue weighted by Gasteiger charge is -2.31. The van der Waals surface area contributed by atoms with Gasteiger partial charge >= 0.3 is 6.03 Å². The van der Waals surface area contributed by atoms with Crippen LogP contribution in [0.4, 0.5) is 4.79 Å². The second-order valence-corrected chi connectivity index (χ2v) is 9.31. The van der Waals surface area contributed by atoms with Gasteiger partial charge in [-0.05, 0) is 24.1 Å². The fraction of sp³-hybridized carbons (Fsp3) is 0.636. The van der Waals surface area contributed by atoms with Crippen LogP contribution in [-0.4, -0.2) is 87.8 Å². The van der Waals surface area contributed by atoms with E-state index in [2.05, 4.69) is 16.0 Å². The van der Waals surface area contributed by atoms with Gasteiger partial charge in [0.25, 0.3) is 0 Å². The predicted octanol–water partition coefficient (Wildman–Crippen LogP) is 1.06. The molecule has 1 heterocycles. The minimum absolute atomic E-state index is 0.144. The maximum atomic E-state index is 13.0. The Hall–Kier alpha value is -1.76. The molecule has 1 saturated heterocycles. The first-order chi connectivity index (χ1) is 16.5. The Labute approximate surface area is 209 Å². The highest BCUT2D eigenvalue weighted by Gasteiger charge is 2.32. The molecule has 0 radical (unpaired) electrons. The van der Waals surface area contributed by atoms with Crippen LogP contribution >= 0.6 is 23.4 Å². The summed E-state index contributed by atoms with van der Waals surface area (Å²) >= 11 is 7.69. The highest BCUT2D eigenvalue weighted by atomic mass is 35.5. The van der Waals surface area contributed by atoms with Crippen LogP contribution < -0.4 is 26.4 Å². The largest absolute Gasteiger partial charge is 0.497 e. The third kappa shape index (κ3) is 11.1. The Morgan fingerprint density at radius 2 is 1.79 bits per heavy atom. The Morgan fingerprint density at radius 1 is 1.15 bits per heavy atom. The van der Waals surface area contributed by atoms with Crippen LogP contribution in [0.25, 0.3) is 0 Å². The van der Waals surface area contributed by atoms with Crippen molar-refractivity contribution in [3.63, 3.8) is 0 Å². The second kappa shape index (κ2) is 16.8. The minimum atomic E-state index is -0.450. The number of halogens is 1. The average Bonchev–Trinajstić information content (AvgIpc) is 2.85. The van der Waals surface area contributed by atoms with Gasteiger partial charge in [0.15, 0.2) is 0 Å². The van der Waals surface area contributed by atoms with Gasteiger partial charge < -0.3 is 40.6 Å². The van der Waals surface area contributed by atoms with E-state index in [-0.39, 0.29) is 22.7 Å². The summed E-state index contributed by atoms with van der Waals surface area (Å²) in [6, 6.07) is 7.18. The van der Waals surface area contributed by atoms with E-state index < -0.39 is 5.25 Å². The highest BCUT2D eigenvalue weighted by Crippen LogP contribution is 2.26. The fourth-order valence-electron chi connectivity index (χ4n) is 2.99. The molecule has 2 unspecified atom stereocenters. The molecule has 12 heteroatoms. The molecule has 3 atom stereocenters. The number of carbonyl (C=O) groups excluding carboxylic acids is 2. The SMILES string of the molecule is COc1ccc(CNC(=O)[C@H](CCOCCOCCOCCN)SC2NC(=O)NCC2Cl)cc1. The van der Waals surface area contributed by atoms with Crippen molar-refractivity contribution < 1.29 is 28.5 Å². The number of rotatable bonds is 17. The van der Waals surface area contributed by atoms with E-state index in [0.717, 1.165) is 11.3 Å². The minimum Gasteiger partial charge on any atom is -0.497 e. The topological polar surface area (TPSA) is 133 Å². The van der Waals surface area contributed by atoms with Crippen LogP contribution in [0, 0.1) is 0 Å². The molecule has 1 aliphatic rings. The van der Waals surface area contributed by atoms with E-state index in [0.29, 0.717) is 65.7 Å². The molecular weight excluding hydrogens is 484 g/mol. The van der Waals surface area contributed by atoms with Gasteiger partial charge in [-0.25, -0.2) is 4.79 Å². The van der Waals surface area contributed by atoms with Gasteiger partial charge in [-0.1, -0.05) is 12.1 Å². The lowest BCUT2D eigenvalue weighted by atomic mass is 10.2. The Morgan fingerprint density at radius 3 is 2.44 bits per heavy atom. The number of hydrogen-bond acceptors (Lipinski definition) is 8. The molecule has 192 valence electrons. The zero-order valence-electron chi connectivity index (χ0n) is 19.4. The highest BCUT2D eigenvalue weighted by molar-refractivity contribution is 8.01. The quantitative estimate of drug-likeness (QED) is 0.178. The van der Waals surface area contributed by atoms with Gasteiger partial charge in [0.1, 0.15) is 5.75 Å². The average molecular weight is 519 g/mol. The Bertz CT molecular complexity index is 730. The number of alkyl halides is 1. The number of carbonyl (C=O) groups is 2. The van der Waals surface area contributed by atoms with E-state index in [1.54, 1.807) is 7.11 Å². The third-order valence-corrected chi connectivity index (χ3v) is 6.89. The van der Waals surface area contributed by atoms with Crippen molar-refractivity contribution in [2.24, 2.45) is 5.73 Å². The van der Waals surface area contributed by atoms with Crippen molar-refractivity contribution in [3.8, 4) is 5.75 Å². The van der Waals surface area contributed by atoms with E-state index >= 15 is 0 Å². The molecule has 1 aromatic rings. The van der Waals surface area contributed by atoms with Crippen LogP contribution in [0.1, 0.15) is 12.0 Å². The van der Waals surface area contributed by atoms with Crippen molar-refractivity contribution in [1.29, 1.82) is 0 Å². The molecule has 0 bridgehead atoms. The molecule has 34 heavy (non-hydrogen) atoms. The van der Waals surface area contributed by atoms with Crippen LogP contribution in [0.2, 0.25) is 0 Å². The van der Waals surface area contributed by atoms with Crippen LogP contribution in [0.3, 0.4) is 0 Å². The number of thioether (sulfide) groups is 1. The van der Waals surface area contributed by atoms with Crippen molar-refractivity contribution in [1.82, 2.24) is 16.0 Å². The van der Waals surface area contributed by atoms with Gasteiger partial charge in [0.05, 0.1) is 56.1 Å². The van der Waals surface area contributed by atoms with Gasteiger partial charge in [0, 0.05) is 26.2 Å². The molecule has 0 spiro atoms. The first-order valence-corrected chi connectivity index (χ1v) is 12.6. The summed E-state index contributed by atoms with van der Waals surface area (Å²) in [5.74, 6) is 0.608. The molecule has 5 N–H and O–H groups in total. The number of methoxy groups -OCH3 is 1. The molecular formula is C22H35ClN4O6S. The molecule has 2 rings (SSSR count). The van der Waals surface area contributed by atoms with Crippen LogP contribution in [0.5, 0.6) is 5.75 Å². The summed E-state index contributed by atoms with van der Waals surface area (Å²) in [5.41, 5.74) is 6.30. The van der Waals surface area contributed by atoms with Gasteiger partial charge in [-0.2, -0.15) is 0 Å². The summed E-state index contributed by atoms with van der Waals surface area (Å²) in [7, 11) is 1.61. The van der Waals surface area contributed by atoms with Crippen LogP contribution in [-0.2, 0) is 25.5 Å². The predicted molar refractivity (Wildman–Crippen MR) is 132 cm³/mol. The summed E-state index contributed by atoms with van der Waals surface area (Å²) in [6.07, 6.45) is 0.460. The number of benzene rings is 1. The lowest BCUT2D eigenvalue weighted by molar-refractivity contribution is -0.121. The van der Waals surface area contributed by atoms with E-state index in [1.807, 2.05) is 24.3 Å². The maximum absolute atomic E-state index is 13.0. The number of hydrogen-bond donors (Lipinski definition) is 4. The zero-order chi connectivity index (χ0) is 24.6. The van der Waals surface area contributed by atoms with Crippen molar-refractivity contribution in [2.75, 3.05) is 59.8 Å². The summed E-state index contributed by atoms with van der Waals surface area (Å²) in [6.45, 7) is 3.89. The second-order valence-electron chi connectivity index (χ2n) is 7.40. The number of ether oxygens (including phenoxy) is 4. The molecule has 0 aliphatic carbocycles. The first kappa shape index (κ1) is 28.5. The van der Waals surface area contributed by atoms with Gasteiger partial charge in [-0.3, -0.25) is 4.79 Å². The summed E-state index contributed by atoms with van der Waals surface area (Å²) in [4.78, 5) is 24.7. The summed E-state index contributed by atoms with van der Waals surface area (Å²) in [5, 5.41) is 7.22. The van der Waals surface area contributed by atoms with E-state index in [9.17, 15) is 9.59 Å². The van der Waals surface area contributed by atoms with Crippen molar-refractivity contribution >= 4 is 35.3 Å². The van der Waals surface area contributed by atoms with Gasteiger partial charge in [0.2, 0.25) is 5.91 Å². The number of urea groups is 1.